The third kappa shape index (κ3) is 3.32. The van der Waals surface area contributed by atoms with Crippen molar-refractivity contribution in [2.45, 2.75) is 32.2 Å². The molecule has 1 aromatic rings. The molecule has 2 aliphatic rings. The van der Waals surface area contributed by atoms with Crippen LogP contribution in [0.5, 0.6) is 5.75 Å². The Morgan fingerprint density at radius 1 is 1.40 bits per heavy atom. The van der Waals surface area contributed by atoms with Crippen LogP contribution in [-0.2, 0) is 13.0 Å². The number of ether oxygens (including phenoxy) is 1. The van der Waals surface area contributed by atoms with E-state index < -0.39 is 0 Å². The highest BCUT2D eigenvalue weighted by Gasteiger charge is 2.23. The lowest BCUT2D eigenvalue weighted by Crippen LogP contribution is -2.35. The smallest absolute Gasteiger partial charge is 0.127 e. The van der Waals surface area contributed by atoms with Gasteiger partial charge in [0, 0.05) is 35.4 Å². The van der Waals surface area contributed by atoms with Crippen molar-refractivity contribution in [1.82, 2.24) is 4.90 Å². The summed E-state index contributed by atoms with van der Waals surface area (Å²) in [5, 5.41) is 1.96. The average molecular weight is 359 g/mol. The van der Waals surface area contributed by atoms with Crippen LogP contribution in [0.1, 0.15) is 30.4 Å². The van der Waals surface area contributed by atoms with E-state index in [9.17, 15) is 0 Å². The summed E-state index contributed by atoms with van der Waals surface area (Å²) in [6, 6.07) is 4.14. The minimum absolute atomic E-state index is 0.800. The number of likely N-dealkylation sites (tertiary alicyclic amines) is 1. The average Bonchev–Trinajstić information content (AvgIpc) is 2.87. The third-order valence-corrected chi connectivity index (χ3v) is 5.02. The molecule has 2 nitrogen and oxygen atoms in total. The second-order valence-electron chi connectivity index (χ2n) is 5.87. The second kappa shape index (κ2) is 6.67. The zero-order valence-electron chi connectivity index (χ0n) is 11.7. The van der Waals surface area contributed by atoms with Crippen LogP contribution in [0.2, 0.25) is 5.02 Å². The summed E-state index contributed by atoms with van der Waals surface area (Å²) in [5.41, 5.74) is 2.55. The summed E-state index contributed by atoms with van der Waals surface area (Å²) in [6.45, 7) is 4.17. The van der Waals surface area contributed by atoms with Gasteiger partial charge in [0.15, 0.2) is 0 Å². The first-order chi connectivity index (χ1) is 9.76. The van der Waals surface area contributed by atoms with Crippen LogP contribution in [0.15, 0.2) is 12.1 Å². The molecule has 110 valence electrons. The van der Waals surface area contributed by atoms with Crippen LogP contribution >= 0.6 is 27.5 Å². The van der Waals surface area contributed by atoms with Gasteiger partial charge in [-0.2, -0.15) is 0 Å². The molecule has 1 unspecified atom stereocenters. The molecule has 0 spiro atoms. The number of benzene rings is 1. The number of alkyl halides is 1. The van der Waals surface area contributed by atoms with Gasteiger partial charge in [0.25, 0.3) is 0 Å². The predicted octanol–water partition coefficient (Wildman–Crippen LogP) is 4.27. The Labute approximate surface area is 134 Å². The predicted molar refractivity (Wildman–Crippen MR) is 87.1 cm³/mol. The van der Waals surface area contributed by atoms with Gasteiger partial charge in [0.2, 0.25) is 0 Å². The SMILES string of the molecule is Clc1cc2c(c(CN3CCCC(CCBr)C3)c1)OCC2. The van der Waals surface area contributed by atoms with Crippen LogP contribution in [0.4, 0.5) is 0 Å². The molecule has 0 N–H and O–H groups in total. The molecule has 1 saturated heterocycles. The first kappa shape index (κ1) is 14.7. The lowest BCUT2D eigenvalue weighted by atomic mass is 9.95. The van der Waals surface area contributed by atoms with Gasteiger partial charge in [0.05, 0.1) is 6.61 Å². The topological polar surface area (TPSA) is 12.5 Å². The van der Waals surface area contributed by atoms with Crippen LogP contribution in [0, 0.1) is 5.92 Å². The van der Waals surface area contributed by atoms with Crippen molar-refractivity contribution in [1.29, 1.82) is 0 Å². The van der Waals surface area contributed by atoms with E-state index in [1.165, 1.54) is 43.5 Å². The Hall–Kier alpha value is -0.250. The van der Waals surface area contributed by atoms with Crippen molar-refractivity contribution in [3.63, 3.8) is 0 Å². The zero-order valence-corrected chi connectivity index (χ0v) is 14.0. The van der Waals surface area contributed by atoms with Gasteiger partial charge in [-0.05, 0) is 49.4 Å². The second-order valence-corrected chi connectivity index (χ2v) is 7.10. The maximum absolute atomic E-state index is 6.24. The number of hydrogen-bond acceptors (Lipinski definition) is 2. The standard InChI is InChI=1S/C16H21BrClNO/c17-5-3-12-2-1-6-19(10-12)11-14-9-15(18)8-13-4-7-20-16(13)14/h8-9,12H,1-7,10-11H2. The zero-order chi connectivity index (χ0) is 13.9. The third-order valence-electron chi connectivity index (χ3n) is 4.34. The Morgan fingerprint density at radius 3 is 3.15 bits per heavy atom. The van der Waals surface area contributed by atoms with Crippen molar-refractivity contribution >= 4 is 27.5 Å². The Balaban J connectivity index is 1.71. The fourth-order valence-corrected chi connectivity index (χ4v) is 4.30. The molecular formula is C16H21BrClNO. The van der Waals surface area contributed by atoms with Crippen LogP contribution in [0.25, 0.3) is 0 Å². The molecule has 0 radical (unpaired) electrons. The van der Waals surface area contributed by atoms with Gasteiger partial charge in [-0.1, -0.05) is 27.5 Å². The molecule has 0 bridgehead atoms. The molecule has 0 aromatic heterocycles. The Bertz CT molecular complexity index is 478. The van der Waals surface area contributed by atoms with Gasteiger partial charge in [0.1, 0.15) is 5.75 Å². The largest absolute Gasteiger partial charge is 0.493 e. The lowest BCUT2D eigenvalue weighted by Gasteiger charge is -2.32. The molecule has 3 rings (SSSR count). The van der Waals surface area contributed by atoms with E-state index in [4.69, 9.17) is 16.3 Å². The number of nitrogens with zero attached hydrogens (tertiary/aromatic N) is 1. The minimum Gasteiger partial charge on any atom is -0.493 e. The number of piperidine rings is 1. The summed E-state index contributed by atoms with van der Waals surface area (Å²) in [6.07, 6.45) is 4.95. The summed E-state index contributed by atoms with van der Waals surface area (Å²) in [7, 11) is 0. The van der Waals surface area contributed by atoms with Gasteiger partial charge in [-0.3, -0.25) is 4.90 Å². The molecule has 0 aliphatic carbocycles. The highest BCUT2D eigenvalue weighted by molar-refractivity contribution is 9.09. The van der Waals surface area contributed by atoms with Crippen molar-refractivity contribution < 1.29 is 4.74 Å². The first-order valence-electron chi connectivity index (χ1n) is 7.48. The fourth-order valence-electron chi connectivity index (χ4n) is 3.39. The molecule has 1 atom stereocenters. The quantitative estimate of drug-likeness (QED) is 0.745. The summed E-state index contributed by atoms with van der Waals surface area (Å²) < 4.78 is 5.81. The van der Waals surface area contributed by atoms with E-state index in [0.717, 1.165) is 41.6 Å². The van der Waals surface area contributed by atoms with Gasteiger partial charge >= 0.3 is 0 Å². The van der Waals surface area contributed by atoms with Gasteiger partial charge in [-0.25, -0.2) is 0 Å². The molecule has 1 fully saturated rings. The Morgan fingerprint density at radius 2 is 2.30 bits per heavy atom. The molecular weight excluding hydrogens is 338 g/mol. The monoisotopic (exact) mass is 357 g/mol. The molecule has 20 heavy (non-hydrogen) atoms. The van der Waals surface area contributed by atoms with Gasteiger partial charge < -0.3 is 4.74 Å². The summed E-state index contributed by atoms with van der Waals surface area (Å²) >= 11 is 9.81. The number of hydrogen-bond donors (Lipinski definition) is 0. The Kier molecular flexibility index (Phi) is 4.90. The molecule has 4 heteroatoms. The minimum atomic E-state index is 0.800. The molecule has 0 saturated carbocycles. The number of rotatable bonds is 4. The highest BCUT2D eigenvalue weighted by Crippen LogP contribution is 2.34. The van der Waals surface area contributed by atoms with Crippen molar-refractivity contribution in [3.8, 4) is 5.75 Å². The van der Waals surface area contributed by atoms with E-state index in [1.807, 2.05) is 0 Å². The van der Waals surface area contributed by atoms with E-state index >= 15 is 0 Å². The summed E-state index contributed by atoms with van der Waals surface area (Å²) in [5.74, 6) is 1.92. The maximum atomic E-state index is 6.24. The van der Waals surface area contributed by atoms with Crippen molar-refractivity contribution in [2.24, 2.45) is 5.92 Å². The van der Waals surface area contributed by atoms with Gasteiger partial charge in [-0.15, -0.1) is 0 Å². The maximum Gasteiger partial charge on any atom is 0.127 e. The lowest BCUT2D eigenvalue weighted by molar-refractivity contribution is 0.164. The molecule has 2 aliphatic heterocycles. The van der Waals surface area contributed by atoms with E-state index in [1.54, 1.807) is 0 Å². The molecule has 2 heterocycles. The number of fused-ring (bicyclic) bond motifs is 1. The van der Waals surface area contributed by atoms with Crippen molar-refractivity contribution in [3.05, 3.63) is 28.3 Å². The molecule has 0 amide bonds. The summed E-state index contributed by atoms with van der Waals surface area (Å²) in [4.78, 5) is 2.56. The first-order valence-corrected chi connectivity index (χ1v) is 8.98. The van der Waals surface area contributed by atoms with Crippen LogP contribution in [0.3, 0.4) is 0 Å². The normalized spacial score (nSPS) is 22.6. The van der Waals surface area contributed by atoms with E-state index in [-0.39, 0.29) is 0 Å². The molecule has 1 aromatic carbocycles. The van der Waals surface area contributed by atoms with E-state index in [0.29, 0.717) is 0 Å². The highest BCUT2D eigenvalue weighted by atomic mass is 79.9. The fraction of sp³-hybridized carbons (Fsp3) is 0.625. The van der Waals surface area contributed by atoms with E-state index in [2.05, 4.69) is 33.0 Å². The van der Waals surface area contributed by atoms with Crippen LogP contribution < -0.4 is 4.74 Å². The van der Waals surface area contributed by atoms with Crippen LogP contribution in [-0.4, -0.2) is 29.9 Å². The van der Waals surface area contributed by atoms with Crippen molar-refractivity contribution in [2.75, 3.05) is 25.0 Å². The number of halogens is 2.